The third-order valence-electron chi connectivity index (χ3n) is 13.5. The lowest BCUT2D eigenvalue weighted by Gasteiger charge is -2.46. The van der Waals surface area contributed by atoms with E-state index in [-0.39, 0.29) is 13.2 Å². The topological polar surface area (TPSA) is 133 Å². The summed E-state index contributed by atoms with van der Waals surface area (Å²) < 4.78 is 18.0. The number of nitrogens with zero attached hydrogens (tertiary/aromatic N) is 3. The molecule has 4 heterocycles. The molecule has 6 atom stereocenters. The van der Waals surface area contributed by atoms with E-state index >= 15 is 14.4 Å². The first-order valence-corrected chi connectivity index (χ1v) is 23.2. The lowest BCUT2D eigenvalue weighted by Crippen LogP contribution is -2.53. The number of ether oxygens (including phenoxy) is 3. The van der Waals surface area contributed by atoms with Gasteiger partial charge in [0, 0.05) is 42.3 Å². The molecule has 12 heteroatoms. The van der Waals surface area contributed by atoms with Gasteiger partial charge in [-0.1, -0.05) is 115 Å². The monoisotopic (exact) mass is 907 g/mol. The molecule has 3 N–H and O–H groups in total. The van der Waals surface area contributed by atoms with Crippen molar-refractivity contribution in [3.63, 3.8) is 0 Å². The van der Waals surface area contributed by atoms with Crippen molar-refractivity contribution in [1.82, 2.24) is 9.80 Å². The van der Waals surface area contributed by atoms with Crippen molar-refractivity contribution >= 4 is 34.8 Å². The fourth-order valence-electron chi connectivity index (χ4n) is 10.6. The fraction of sp³-hybridized carbons (Fsp3) is 0.268. The molecule has 0 radical (unpaired) electrons. The second-order valence-electron chi connectivity index (χ2n) is 17.7. The number of cyclic esters (lactones) is 1. The predicted molar refractivity (Wildman–Crippen MR) is 260 cm³/mol. The van der Waals surface area contributed by atoms with Crippen molar-refractivity contribution in [2.45, 2.75) is 36.2 Å². The van der Waals surface area contributed by atoms with E-state index in [2.05, 4.69) is 49.3 Å². The third-order valence-corrected chi connectivity index (χ3v) is 13.5. The van der Waals surface area contributed by atoms with Crippen LogP contribution in [0.4, 0.5) is 17.1 Å². The quantitative estimate of drug-likeness (QED) is 0.0850. The second-order valence-corrected chi connectivity index (χ2v) is 17.7. The molecule has 1 spiro atoms. The number of carbonyl (C=O) groups excluding carboxylic acids is 3. The lowest BCUT2D eigenvalue weighted by molar-refractivity contribution is -0.177. The number of benzene rings is 6. The van der Waals surface area contributed by atoms with Crippen LogP contribution in [0.2, 0.25) is 0 Å². The highest BCUT2D eigenvalue weighted by Gasteiger charge is 2.74. The van der Waals surface area contributed by atoms with E-state index in [4.69, 9.17) is 14.2 Å². The first-order valence-electron chi connectivity index (χ1n) is 23.2. The minimum absolute atomic E-state index is 0.0961. The Morgan fingerprint density at radius 2 is 1.50 bits per heavy atom. The molecule has 3 saturated heterocycles. The molecule has 68 heavy (non-hydrogen) atoms. The zero-order valence-electron chi connectivity index (χ0n) is 37.8. The van der Waals surface area contributed by atoms with Gasteiger partial charge in [-0.05, 0) is 89.5 Å². The zero-order valence-corrected chi connectivity index (χ0v) is 37.8. The molecular formula is C56H53N5O7. The van der Waals surface area contributed by atoms with E-state index in [0.717, 1.165) is 36.4 Å². The Kier molecular flexibility index (Phi) is 12.8. The molecule has 0 aromatic heterocycles. The van der Waals surface area contributed by atoms with Gasteiger partial charge in [0.15, 0.2) is 0 Å². The number of esters is 1. The number of carbonyl (C=O) groups is 3. The van der Waals surface area contributed by atoms with Crippen LogP contribution in [-0.4, -0.2) is 91.8 Å². The van der Waals surface area contributed by atoms with E-state index in [1.54, 1.807) is 12.1 Å². The average molecular weight is 908 g/mol. The van der Waals surface area contributed by atoms with Crippen LogP contribution in [0.25, 0.3) is 0 Å². The number of aliphatic hydroxyl groups is 1. The van der Waals surface area contributed by atoms with Crippen molar-refractivity contribution in [1.29, 1.82) is 0 Å². The highest BCUT2D eigenvalue weighted by Crippen LogP contribution is 2.65. The second kappa shape index (κ2) is 19.5. The van der Waals surface area contributed by atoms with Gasteiger partial charge in [0.05, 0.1) is 44.4 Å². The number of rotatable bonds is 12. The van der Waals surface area contributed by atoms with Gasteiger partial charge >= 0.3 is 5.97 Å². The van der Waals surface area contributed by atoms with Crippen LogP contribution in [-0.2, 0) is 35.8 Å². The van der Waals surface area contributed by atoms with Gasteiger partial charge < -0.3 is 34.9 Å². The average Bonchev–Trinajstić information content (AvgIpc) is 3.86. The van der Waals surface area contributed by atoms with E-state index < -0.39 is 53.3 Å². The Hall–Kier alpha value is -7.27. The molecule has 12 nitrogen and oxygen atoms in total. The van der Waals surface area contributed by atoms with Crippen LogP contribution < -0.4 is 20.3 Å². The number of hydrogen-bond acceptors (Lipinski definition) is 10. The number of fused-ring (bicyclic) bond motifs is 3. The predicted octanol–water partition coefficient (Wildman–Crippen LogP) is 7.29. The molecule has 0 aliphatic carbocycles. The summed E-state index contributed by atoms with van der Waals surface area (Å²) in [7, 11) is 2.02. The van der Waals surface area contributed by atoms with Gasteiger partial charge in [-0.2, -0.15) is 0 Å². The Bertz CT molecular complexity index is 2810. The van der Waals surface area contributed by atoms with Crippen LogP contribution in [0.5, 0.6) is 5.75 Å². The van der Waals surface area contributed by atoms with E-state index in [1.807, 2.05) is 141 Å². The maximum Gasteiger partial charge on any atom is 0.324 e. The largest absolute Gasteiger partial charge is 0.491 e. The summed E-state index contributed by atoms with van der Waals surface area (Å²) in [4.78, 5) is 53.1. The van der Waals surface area contributed by atoms with Gasteiger partial charge in [0.25, 0.3) is 0 Å². The number of aliphatic hydroxyl groups excluding tert-OH is 1. The number of anilines is 3. The highest BCUT2D eigenvalue weighted by molar-refractivity contribution is 6.13. The summed E-state index contributed by atoms with van der Waals surface area (Å²) in [6.45, 7) is 3.91. The highest BCUT2D eigenvalue weighted by atomic mass is 16.6. The minimum atomic E-state index is -1.70. The van der Waals surface area contributed by atoms with Gasteiger partial charge in [0.2, 0.25) is 11.8 Å². The summed E-state index contributed by atoms with van der Waals surface area (Å²) in [5.41, 5.74) is 5.05. The lowest BCUT2D eigenvalue weighted by atomic mass is 9.65. The number of nitrogens with one attached hydrogen (secondary N) is 2. The van der Waals surface area contributed by atoms with Crippen LogP contribution in [0.3, 0.4) is 0 Å². The molecule has 3 fully saturated rings. The van der Waals surface area contributed by atoms with Crippen LogP contribution in [0, 0.1) is 17.8 Å². The smallest absolute Gasteiger partial charge is 0.324 e. The third kappa shape index (κ3) is 8.50. The minimum Gasteiger partial charge on any atom is -0.491 e. The van der Waals surface area contributed by atoms with E-state index in [1.165, 1.54) is 5.56 Å². The first-order chi connectivity index (χ1) is 33.3. The molecule has 4 aliphatic heterocycles. The molecule has 2 amide bonds. The molecule has 0 bridgehead atoms. The Morgan fingerprint density at radius 1 is 0.824 bits per heavy atom. The molecule has 10 rings (SSSR count). The van der Waals surface area contributed by atoms with Gasteiger partial charge in [-0.25, -0.2) is 0 Å². The number of morpholine rings is 2. The van der Waals surface area contributed by atoms with Crippen LogP contribution in [0.15, 0.2) is 158 Å². The Labute approximate surface area is 396 Å². The van der Waals surface area contributed by atoms with Crippen LogP contribution in [0.1, 0.15) is 51.6 Å². The summed E-state index contributed by atoms with van der Waals surface area (Å²) in [6, 6.07) is 47.5. The molecular weight excluding hydrogens is 855 g/mol. The van der Waals surface area contributed by atoms with Crippen molar-refractivity contribution in [2.24, 2.45) is 5.92 Å². The Balaban J connectivity index is 1.14. The first kappa shape index (κ1) is 44.6. The van der Waals surface area contributed by atoms with Crippen molar-refractivity contribution in [3.05, 3.63) is 191 Å². The fourth-order valence-corrected chi connectivity index (χ4v) is 10.6. The normalized spacial score (nSPS) is 23.0. The molecule has 4 aliphatic rings. The van der Waals surface area contributed by atoms with Crippen LogP contribution >= 0.6 is 0 Å². The number of amides is 2. The van der Waals surface area contributed by atoms with Gasteiger partial charge in [-0.15, -0.1) is 0 Å². The van der Waals surface area contributed by atoms with E-state index in [9.17, 15) is 5.11 Å². The summed E-state index contributed by atoms with van der Waals surface area (Å²) in [6.07, 6.45) is -0.808. The summed E-state index contributed by atoms with van der Waals surface area (Å²) in [5.74, 6) is 4.37. The number of hydrogen-bond donors (Lipinski definition) is 3. The van der Waals surface area contributed by atoms with Gasteiger partial charge in [-0.3, -0.25) is 24.2 Å². The molecule has 6 aromatic carbocycles. The maximum atomic E-state index is 15.7. The zero-order chi connectivity index (χ0) is 46.6. The standard InChI is InChI=1S/C56H53N5O7/c1-59(37-39-12-5-2-6-13-39)29-11-14-38-19-28-47-46(36-38)56(55(65)58-47)48(53(63)57-43-22-24-44(25-23-43)60-30-33-66-34-31-60)50-54(64)68-51(41-17-9-4-10-18-41)49(40-15-7-3-8-16-40)61(50)52(56)42-20-26-45(27-21-42)67-35-32-62/h2-10,12-13,15-28,36,48-52,62H,29-35,37H2,1H3,(H,57,63)(H,58,65)/t48-,49-,50?,51+,52-,56+/m1/s1. The Morgan fingerprint density at radius 3 is 2.19 bits per heavy atom. The molecule has 0 saturated carbocycles. The van der Waals surface area contributed by atoms with E-state index in [0.29, 0.717) is 53.6 Å². The van der Waals surface area contributed by atoms with Crippen molar-refractivity contribution in [3.8, 4) is 17.6 Å². The molecule has 1 unspecified atom stereocenters. The summed E-state index contributed by atoms with van der Waals surface area (Å²) >= 11 is 0. The van der Waals surface area contributed by atoms with Crippen molar-refractivity contribution < 1.29 is 33.7 Å². The molecule has 344 valence electrons. The molecule has 6 aromatic rings. The van der Waals surface area contributed by atoms with Gasteiger partial charge in [0.1, 0.15) is 29.9 Å². The SMILES string of the molecule is CN(CC#Cc1ccc2c(c1)[C@]1(C(=O)N2)[C@@H](C(=O)Nc2ccc(N3CCOCC3)cc2)C2C(=O)O[C@@H](c3ccccc3)[C@@H](c3ccccc3)N2[C@@H]1c1ccc(OCCO)cc1)Cc1ccccc1. The van der Waals surface area contributed by atoms with Crippen molar-refractivity contribution in [2.75, 3.05) is 68.6 Å². The maximum absolute atomic E-state index is 15.7. The summed E-state index contributed by atoms with van der Waals surface area (Å²) in [5, 5.41) is 15.9.